The van der Waals surface area contributed by atoms with Crippen LogP contribution in [0, 0.1) is 13.8 Å². The molecule has 2 rings (SSSR count). The van der Waals surface area contributed by atoms with Gasteiger partial charge in [-0.2, -0.15) is 0 Å². The van der Waals surface area contributed by atoms with Gasteiger partial charge in [0.15, 0.2) is 0 Å². The molecule has 24 heavy (non-hydrogen) atoms. The van der Waals surface area contributed by atoms with Crippen molar-refractivity contribution in [1.29, 1.82) is 0 Å². The Morgan fingerprint density at radius 2 is 1.88 bits per heavy atom. The van der Waals surface area contributed by atoms with E-state index >= 15 is 0 Å². The number of hydrogen-bond donors (Lipinski definition) is 2. The molecule has 0 aromatic heterocycles. The highest BCUT2D eigenvalue weighted by molar-refractivity contribution is 6.32. The zero-order chi connectivity index (χ0) is 17.7. The normalized spacial score (nSPS) is 10.5. The predicted molar refractivity (Wildman–Crippen MR) is 95.4 cm³/mol. The first-order valence-electron chi connectivity index (χ1n) is 7.77. The van der Waals surface area contributed by atoms with Gasteiger partial charge >= 0.3 is 0 Å². The molecular weight excluding hydrogens is 326 g/mol. The van der Waals surface area contributed by atoms with Crippen molar-refractivity contribution < 1.29 is 14.6 Å². The Hall–Kier alpha value is -2.04. The Labute approximate surface area is 147 Å². The summed E-state index contributed by atoms with van der Waals surface area (Å²) in [6.45, 7) is 4.12. The summed E-state index contributed by atoms with van der Waals surface area (Å²) in [4.78, 5) is 11.7. The summed E-state index contributed by atoms with van der Waals surface area (Å²) < 4.78 is 5.88. The Bertz CT molecular complexity index is 744. The zero-order valence-corrected chi connectivity index (χ0v) is 14.9. The molecular formula is C19H22ClNO3. The highest BCUT2D eigenvalue weighted by atomic mass is 35.5. The van der Waals surface area contributed by atoms with Crippen molar-refractivity contribution in [3.8, 4) is 5.75 Å². The molecule has 0 saturated carbocycles. The van der Waals surface area contributed by atoms with Crippen LogP contribution in [0.1, 0.15) is 27.8 Å². The van der Waals surface area contributed by atoms with E-state index in [1.165, 1.54) is 0 Å². The maximum absolute atomic E-state index is 11.7. The van der Waals surface area contributed by atoms with Gasteiger partial charge in [0.2, 0.25) is 5.91 Å². The molecule has 0 bridgehead atoms. The summed E-state index contributed by atoms with van der Waals surface area (Å²) in [5.41, 5.74) is 4.59. The number of aryl methyl sites for hydroxylation is 2. The number of likely N-dealkylation sites (N-methyl/N-ethyl adjacent to an activating group) is 1. The topological polar surface area (TPSA) is 58.6 Å². The van der Waals surface area contributed by atoms with Crippen molar-refractivity contribution >= 4 is 17.5 Å². The average Bonchev–Trinajstić information content (AvgIpc) is 2.57. The van der Waals surface area contributed by atoms with Crippen LogP contribution in [0.25, 0.3) is 0 Å². The lowest BCUT2D eigenvalue weighted by molar-refractivity contribution is -0.119. The van der Waals surface area contributed by atoms with E-state index in [4.69, 9.17) is 16.3 Å². The predicted octanol–water partition coefficient (Wildman–Crippen LogP) is 3.32. The minimum absolute atomic E-state index is 0.0875. The van der Waals surface area contributed by atoms with Crippen LogP contribution in [0.5, 0.6) is 5.75 Å². The fraction of sp³-hybridized carbons (Fsp3) is 0.316. The van der Waals surface area contributed by atoms with Gasteiger partial charge in [0.05, 0.1) is 18.1 Å². The standard InChI is InChI=1S/C19H22ClNO3/c1-12-7-17(20)18(8-13(12)2)24-11-16-14(9-19(23)21-3)5-4-6-15(16)10-22/h4-8,22H,9-11H2,1-3H3,(H,21,23). The summed E-state index contributed by atoms with van der Waals surface area (Å²) in [5.74, 6) is 0.508. The molecule has 4 nitrogen and oxygen atoms in total. The molecule has 0 aliphatic heterocycles. The molecule has 2 N–H and O–H groups in total. The number of halogens is 1. The number of carbonyl (C=O) groups excluding carboxylic acids is 1. The number of rotatable bonds is 6. The van der Waals surface area contributed by atoms with Crippen molar-refractivity contribution in [3.63, 3.8) is 0 Å². The summed E-state index contributed by atoms with van der Waals surface area (Å²) in [6.07, 6.45) is 0.240. The van der Waals surface area contributed by atoms with E-state index in [9.17, 15) is 9.90 Å². The third-order valence-electron chi connectivity index (χ3n) is 4.09. The van der Waals surface area contributed by atoms with Crippen LogP contribution >= 0.6 is 11.6 Å². The second-order valence-corrected chi connectivity index (χ2v) is 6.13. The third kappa shape index (κ3) is 4.28. The minimum atomic E-state index is -0.110. The van der Waals surface area contributed by atoms with Gasteiger partial charge in [0.1, 0.15) is 12.4 Å². The Kier molecular flexibility index (Phi) is 6.23. The first-order chi connectivity index (χ1) is 11.5. The van der Waals surface area contributed by atoms with Gasteiger partial charge in [-0.3, -0.25) is 4.79 Å². The Morgan fingerprint density at radius 1 is 1.21 bits per heavy atom. The quantitative estimate of drug-likeness (QED) is 0.842. The van der Waals surface area contributed by atoms with Crippen LogP contribution in [0.2, 0.25) is 5.02 Å². The first kappa shape index (κ1) is 18.3. The number of amides is 1. The third-order valence-corrected chi connectivity index (χ3v) is 4.39. The first-order valence-corrected chi connectivity index (χ1v) is 8.14. The lowest BCUT2D eigenvalue weighted by Crippen LogP contribution is -2.21. The van der Waals surface area contributed by atoms with Crippen molar-refractivity contribution in [1.82, 2.24) is 5.32 Å². The van der Waals surface area contributed by atoms with Crippen molar-refractivity contribution in [3.05, 3.63) is 63.2 Å². The number of benzene rings is 2. The summed E-state index contributed by atoms with van der Waals surface area (Å²) in [5, 5.41) is 12.7. The van der Waals surface area contributed by atoms with E-state index < -0.39 is 0 Å². The van der Waals surface area contributed by atoms with Crippen molar-refractivity contribution in [2.24, 2.45) is 0 Å². The Morgan fingerprint density at radius 3 is 2.54 bits per heavy atom. The van der Waals surface area contributed by atoms with Gasteiger partial charge in [0, 0.05) is 7.05 Å². The maximum Gasteiger partial charge on any atom is 0.224 e. The fourth-order valence-corrected chi connectivity index (χ4v) is 2.74. The monoisotopic (exact) mass is 347 g/mol. The molecule has 0 radical (unpaired) electrons. The molecule has 2 aromatic rings. The number of carbonyl (C=O) groups is 1. The van der Waals surface area contributed by atoms with E-state index in [0.29, 0.717) is 10.8 Å². The number of nitrogens with one attached hydrogen (secondary N) is 1. The van der Waals surface area contributed by atoms with Crippen LogP contribution in [0.3, 0.4) is 0 Å². The summed E-state index contributed by atoms with van der Waals surface area (Å²) in [6, 6.07) is 9.30. The molecule has 5 heteroatoms. The lowest BCUT2D eigenvalue weighted by Gasteiger charge is -2.16. The molecule has 0 spiro atoms. The molecule has 0 heterocycles. The SMILES string of the molecule is CNC(=O)Cc1cccc(CO)c1COc1cc(C)c(C)cc1Cl. The van der Waals surface area contributed by atoms with Crippen LogP contribution in [-0.4, -0.2) is 18.1 Å². The van der Waals surface area contributed by atoms with Gasteiger partial charge in [-0.05, 0) is 53.8 Å². The molecule has 0 aliphatic carbocycles. The largest absolute Gasteiger partial charge is 0.487 e. The van der Waals surface area contributed by atoms with Crippen LogP contribution in [0.15, 0.2) is 30.3 Å². The smallest absolute Gasteiger partial charge is 0.224 e. The summed E-state index contributed by atoms with van der Waals surface area (Å²) >= 11 is 6.25. The number of ether oxygens (including phenoxy) is 1. The highest BCUT2D eigenvalue weighted by Crippen LogP contribution is 2.29. The van der Waals surface area contributed by atoms with Crippen molar-refractivity contribution in [2.45, 2.75) is 33.5 Å². The number of aliphatic hydroxyl groups excluding tert-OH is 1. The maximum atomic E-state index is 11.7. The van der Waals surface area contributed by atoms with Crippen LogP contribution in [0.4, 0.5) is 0 Å². The second kappa shape index (κ2) is 8.18. The minimum Gasteiger partial charge on any atom is -0.487 e. The van der Waals surface area contributed by atoms with Gasteiger partial charge < -0.3 is 15.2 Å². The fourth-order valence-electron chi connectivity index (χ4n) is 2.46. The van der Waals surface area contributed by atoms with E-state index in [1.807, 2.05) is 44.2 Å². The van der Waals surface area contributed by atoms with E-state index in [1.54, 1.807) is 7.05 Å². The molecule has 0 atom stereocenters. The molecule has 2 aromatic carbocycles. The number of hydrogen-bond acceptors (Lipinski definition) is 3. The van der Waals surface area contributed by atoms with Crippen molar-refractivity contribution in [2.75, 3.05) is 7.05 Å². The molecule has 0 fully saturated rings. The average molecular weight is 348 g/mol. The van der Waals surface area contributed by atoms with Gasteiger partial charge in [-0.1, -0.05) is 29.8 Å². The van der Waals surface area contributed by atoms with E-state index in [2.05, 4.69) is 5.32 Å². The van der Waals surface area contributed by atoms with Crippen LogP contribution < -0.4 is 10.1 Å². The molecule has 1 amide bonds. The number of aliphatic hydroxyl groups is 1. The van der Waals surface area contributed by atoms with Gasteiger partial charge in [0.25, 0.3) is 0 Å². The molecule has 0 saturated heterocycles. The molecule has 0 aliphatic rings. The van der Waals surface area contributed by atoms with Crippen LogP contribution in [-0.2, 0) is 24.4 Å². The Balaban J connectivity index is 2.28. The van der Waals surface area contributed by atoms with Gasteiger partial charge in [-0.25, -0.2) is 0 Å². The van der Waals surface area contributed by atoms with Gasteiger partial charge in [-0.15, -0.1) is 0 Å². The lowest BCUT2D eigenvalue weighted by atomic mass is 9.99. The molecule has 128 valence electrons. The van der Waals surface area contributed by atoms with E-state index in [0.717, 1.165) is 27.8 Å². The molecule has 0 unspecified atom stereocenters. The second-order valence-electron chi connectivity index (χ2n) is 5.72. The van der Waals surface area contributed by atoms with E-state index in [-0.39, 0.29) is 25.5 Å². The zero-order valence-electron chi connectivity index (χ0n) is 14.1. The summed E-state index contributed by atoms with van der Waals surface area (Å²) in [7, 11) is 1.60. The highest BCUT2D eigenvalue weighted by Gasteiger charge is 2.13.